The fourth-order valence-electron chi connectivity index (χ4n) is 1.57. The summed E-state index contributed by atoms with van der Waals surface area (Å²) in [7, 11) is 1.03. The van der Waals surface area contributed by atoms with Gasteiger partial charge in [0.2, 0.25) is 10.0 Å². The number of methoxy groups -OCH3 is 2. The predicted octanol–water partition coefficient (Wildman–Crippen LogP) is 2.11. The smallest absolute Gasteiger partial charge is 0.246 e. The maximum atomic E-state index is 12.4. The second kappa shape index (κ2) is 7.23. The van der Waals surface area contributed by atoms with Gasteiger partial charge >= 0.3 is 0 Å². The van der Waals surface area contributed by atoms with Gasteiger partial charge < -0.3 is 9.47 Å². The normalized spacial score (nSPS) is 11.8. The first-order valence-corrected chi connectivity index (χ1v) is 7.95. The Morgan fingerprint density at radius 1 is 1.32 bits per heavy atom. The van der Waals surface area contributed by atoms with Crippen molar-refractivity contribution < 1.29 is 17.9 Å². The zero-order valence-corrected chi connectivity index (χ0v) is 13.6. The van der Waals surface area contributed by atoms with Crippen LogP contribution < -0.4 is 4.74 Å². The van der Waals surface area contributed by atoms with Gasteiger partial charge in [-0.3, -0.25) is 0 Å². The molecule has 0 bridgehead atoms. The van der Waals surface area contributed by atoms with Gasteiger partial charge in [-0.1, -0.05) is 15.9 Å². The van der Waals surface area contributed by atoms with Crippen LogP contribution in [0.4, 0.5) is 0 Å². The number of ether oxygens (including phenoxy) is 2. The van der Waals surface area contributed by atoms with Crippen molar-refractivity contribution in [3.8, 4) is 5.75 Å². The Morgan fingerprint density at radius 2 is 2.00 bits per heavy atom. The third-order valence-corrected chi connectivity index (χ3v) is 5.01. The number of benzene rings is 1. The number of sulfonamides is 1. The van der Waals surface area contributed by atoms with Crippen LogP contribution in [-0.4, -0.2) is 47.1 Å². The number of rotatable bonds is 7. The van der Waals surface area contributed by atoms with Crippen molar-refractivity contribution in [2.24, 2.45) is 0 Å². The molecule has 1 aromatic carbocycles. The van der Waals surface area contributed by atoms with E-state index in [1.807, 2.05) is 0 Å². The minimum atomic E-state index is -3.56. The summed E-state index contributed by atoms with van der Waals surface area (Å²) in [6.45, 7) is 0.918. The summed E-state index contributed by atoms with van der Waals surface area (Å²) in [4.78, 5) is 0.157. The number of nitrogens with zero attached hydrogens (tertiary/aromatic N) is 1. The Hall–Kier alpha value is -0.630. The van der Waals surface area contributed by atoms with Crippen LogP contribution in [0.1, 0.15) is 6.42 Å². The minimum Gasteiger partial charge on any atom is -0.495 e. The van der Waals surface area contributed by atoms with E-state index in [0.717, 1.165) is 0 Å². The fourth-order valence-corrected chi connectivity index (χ4v) is 3.47. The Bertz CT molecular complexity index is 518. The molecule has 108 valence electrons. The SMILES string of the molecule is COCCCN(C)S(=O)(=O)c1cc(Br)ccc1OC. The Balaban J connectivity index is 3.02. The quantitative estimate of drug-likeness (QED) is 0.706. The van der Waals surface area contributed by atoms with Gasteiger partial charge in [0.1, 0.15) is 10.6 Å². The van der Waals surface area contributed by atoms with Gasteiger partial charge in [0.05, 0.1) is 7.11 Å². The lowest BCUT2D eigenvalue weighted by molar-refractivity contribution is 0.189. The third-order valence-electron chi connectivity index (χ3n) is 2.64. The Kier molecular flexibility index (Phi) is 6.25. The zero-order chi connectivity index (χ0) is 14.5. The van der Waals surface area contributed by atoms with E-state index in [0.29, 0.717) is 29.8 Å². The van der Waals surface area contributed by atoms with Gasteiger partial charge in [0.15, 0.2) is 0 Å². The van der Waals surface area contributed by atoms with Crippen molar-refractivity contribution in [1.29, 1.82) is 0 Å². The van der Waals surface area contributed by atoms with E-state index in [4.69, 9.17) is 9.47 Å². The monoisotopic (exact) mass is 351 g/mol. The molecule has 0 aliphatic heterocycles. The average molecular weight is 352 g/mol. The standard InChI is InChI=1S/C12H18BrNO4S/c1-14(7-4-8-17-2)19(15,16)12-9-10(13)5-6-11(12)18-3/h5-6,9H,4,7-8H2,1-3H3. The molecule has 0 unspecified atom stereocenters. The number of hydrogen-bond donors (Lipinski definition) is 0. The largest absolute Gasteiger partial charge is 0.495 e. The van der Waals surface area contributed by atoms with Crippen LogP contribution in [0.3, 0.4) is 0 Å². The molecule has 1 rings (SSSR count). The van der Waals surface area contributed by atoms with Crippen LogP contribution >= 0.6 is 15.9 Å². The van der Waals surface area contributed by atoms with Crippen molar-refractivity contribution in [3.05, 3.63) is 22.7 Å². The molecule has 0 radical (unpaired) electrons. The predicted molar refractivity (Wildman–Crippen MR) is 77.0 cm³/mol. The number of halogens is 1. The highest BCUT2D eigenvalue weighted by molar-refractivity contribution is 9.10. The van der Waals surface area contributed by atoms with Crippen LogP contribution in [0, 0.1) is 0 Å². The van der Waals surface area contributed by atoms with Gasteiger partial charge in [-0.25, -0.2) is 12.7 Å². The lowest BCUT2D eigenvalue weighted by atomic mass is 10.3. The van der Waals surface area contributed by atoms with Crippen LogP contribution in [-0.2, 0) is 14.8 Å². The zero-order valence-electron chi connectivity index (χ0n) is 11.2. The highest BCUT2D eigenvalue weighted by atomic mass is 79.9. The van der Waals surface area contributed by atoms with Crippen molar-refractivity contribution in [2.75, 3.05) is 34.4 Å². The topological polar surface area (TPSA) is 55.8 Å². The minimum absolute atomic E-state index is 0.157. The molecule has 0 aromatic heterocycles. The summed E-state index contributed by atoms with van der Waals surface area (Å²) in [5.41, 5.74) is 0. The second-order valence-corrected chi connectivity index (χ2v) is 6.90. The van der Waals surface area contributed by atoms with Gasteiger partial charge in [0.25, 0.3) is 0 Å². The molecule has 0 fully saturated rings. The van der Waals surface area contributed by atoms with Crippen molar-refractivity contribution in [1.82, 2.24) is 4.31 Å². The molecular weight excluding hydrogens is 334 g/mol. The van der Waals surface area contributed by atoms with E-state index >= 15 is 0 Å². The maximum Gasteiger partial charge on any atom is 0.246 e. The molecule has 0 spiro atoms. The molecular formula is C12H18BrNO4S. The Morgan fingerprint density at radius 3 is 2.58 bits per heavy atom. The van der Waals surface area contributed by atoms with E-state index < -0.39 is 10.0 Å². The molecule has 0 heterocycles. The van der Waals surface area contributed by atoms with Crippen LogP contribution in [0.5, 0.6) is 5.75 Å². The van der Waals surface area contributed by atoms with Crippen LogP contribution in [0.15, 0.2) is 27.6 Å². The van der Waals surface area contributed by atoms with Gasteiger partial charge in [-0.2, -0.15) is 0 Å². The van der Waals surface area contributed by atoms with E-state index in [2.05, 4.69) is 15.9 Å². The summed E-state index contributed by atoms with van der Waals surface area (Å²) in [5.74, 6) is 0.335. The number of hydrogen-bond acceptors (Lipinski definition) is 4. The summed E-state index contributed by atoms with van der Waals surface area (Å²) in [5, 5.41) is 0. The van der Waals surface area contributed by atoms with Gasteiger partial charge in [0, 0.05) is 31.8 Å². The van der Waals surface area contributed by atoms with Crippen molar-refractivity contribution in [3.63, 3.8) is 0 Å². The summed E-state index contributed by atoms with van der Waals surface area (Å²) in [6.07, 6.45) is 0.641. The molecule has 19 heavy (non-hydrogen) atoms. The van der Waals surface area contributed by atoms with E-state index in [1.165, 1.54) is 11.4 Å². The van der Waals surface area contributed by atoms with E-state index in [1.54, 1.807) is 32.4 Å². The molecule has 0 saturated heterocycles. The average Bonchev–Trinajstić information content (AvgIpc) is 2.38. The molecule has 0 atom stereocenters. The maximum absolute atomic E-state index is 12.4. The van der Waals surface area contributed by atoms with Crippen molar-refractivity contribution >= 4 is 26.0 Å². The third kappa shape index (κ3) is 4.17. The first kappa shape index (κ1) is 16.4. The molecule has 5 nitrogen and oxygen atoms in total. The molecule has 1 aromatic rings. The van der Waals surface area contributed by atoms with E-state index in [9.17, 15) is 8.42 Å². The first-order valence-electron chi connectivity index (χ1n) is 5.72. The lowest BCUT2D eigenvalue weighted by Gasteiger charge is -2.18. The van der Waals surface area contributed by atoms with Crippen molar-refractivity contribution in [2.45, 2.75) is 11.3 Å². The highest BCUT2D eigenvalue weighted by Crippen LogP contribution is 2.29. The highest BCUT2D eigenvalue weighted by Gasteiger charge is 2.24. The summed E-state index contributed by atoms with van der Waals surface area (Å²) >= 11 is 3.27. The Labute approximate surface area is 122 Å². The van der Waals surface area contributed by atoms with Gasteiger partial charge in [-0.05, 0) is 24.6 Å². The summed E-state index contributed by atoms with van der Waals surface area (Å²) < 4.78 is 36.9. The van der Waals surface area contributed by atoms with Crippen LogP contribution in [0.2, 0.25) is 0 Å². The van der Waals surface area contributed by atoms with E-state index in [-0.39, 0.29) is 4.90 Å². The second-order valence-electron chi connectivity index (χ2n) is 3.97. The van der Waals surface area contributed by atoms with Crippen LogP contribution in [0.25, 0.3) is 0 Å². The molecule has 0 N–H and O–H groups in total. The lowest BCUT2D eigenvalue weighted by Crippen LogP contribution is -2.29. The molecule has 0 aliphatic rings. The molecule has 7 heteroatoms. The molecule has 0 amide bonds. The molecule has 0 aliphatic carbocycles. The first-order chi connectivity index (χ1) is 8.93. The molecule has 0 saturated carbocycles. The fraction of sp³-hybridized carbons (Fsp3) is 0.500. The summed E-state index contributed by atoms with van der Waals surface area (Å²) in [6, 6.07) is 4.91. The van der Waals surface area contributed by atoms with Gasteiger partial charge in [-0.15, -0.1) is 0 Å².